The van der Waals surface area contributed by atoms with Crippen LogP contribution in [0.4, 0.5) is 0 Å². The third-order valence-corrected chi connectivity index (χ3v) is 3.35. The molecule has 0 amide bonds. The summed E-state index contributed by atoms with van der Waals surface area (Å²) in [5, 5.41) is 8.97. The van der Waals surface area contributed by atoms with E-state index in [1.165, 1.54) is 21.5 Å². The van der Waals surface area contributed by atoms with Crippen molar-refractivity contribution in [1.29, 1.82) is 0 Å². The van der Waals surface area contributed by atoms with Gasteiger partial charge < -0.3 is 4.84 Å². The zero-order valence-corrected chi connectivity index (χ0v) is 11.1. The second-order valence-electron chi connectivity index (χ2n) is 4.62. The number of benzene rings is 3. The van der Waals surface area contributed by atoms with Crippen LogP contribution in [-0.2, 0) is 4.84 Å². The van der Waals surface area contributed by atoms with Crippen LogP contribution < -0.4 is 0 Å². The second-order valence-corrected chi connectivity index (χ2v) is 4.62. The fraction of sp³-hybridized carbons (Fsp3) is 0.118. The first-order valence-corrected chi connectivity index (χ1v) is 6.28. The largest absolute Gasteiger partial charge is 0.399 e. The fourth-order valence-corrected chi connectivity index (χ4v) is 2.35. The molecule has 0 heterocycles. The Morgan fingerprint density at radius 2 is 1.47 bits per heavy atom. The fourth-order valence-electron chi connectivity index (χ4n) is 2.35. The van der Waals surface area contributed by atoms with Crippen molar-refractivity contribution >= 4 is 27.3 Å². The van der Waals surface area contributed by atoms with Gasteiger partial charge in [0.2, 0.25) is 0 Å². The highest BCUT2D eigenvalue weighted by molar-refractivity contribution is 6.04. The van der Waals surface area contributed by atoms with E-state index in [-0.39, 0.29) is 0 Å². The number of hydrogen-bond acceptors (Lipinski definition) is 2. The summed E-state index contributed by atoms with van der Waals surface area (Å²) in [7, 11) is 1.57. The van der Waals surface area contributed by atoms with E-state index in [0.717, 1.165) is 11.3 Å². The standard InChI is InChI=1S/C17H15NO/c1-12(18-19-2)13-7-8-16-10-14-5-3-4-6-15(14)11-17(16)9-13/h3-11H,1-2H3. The number of hydrogen-bond donors (Lipinski definition) is 0. The van der Waals surface area contributed by atoms with Crippen LogP contribution in [0.5, 0.6) is 0 Å². The van der Waals surface area contributed by atoms with Crippen LogP contribution in [0.25, 0.3) is 21.5 Å². The minimum absolute atomic E-state index is 0.887. The Morgan fingerprint density at radius 3 is 2.16 bits per heavy atom. The Kier molecular flexibility index (Phi) is 2.92. The minimum atomic E-state index is 0.887. The van der Waals surface area contributed by atoms with Gasteiger partial charge in [-0.25, -0.2) is 0 Å². The van der Waals surface area contributed by atoms with Gasteiger partial charge in [-0.15, -0.1) is 0 Å². The van der Waals surface area contributed by atoms with Crippen LogP contribution in [0.2, 0.25) is 0 Å². The molecule has 3 aromatic carbocycles. The van der Waals surface area contributed by atoms with Crippen LogP contribution in [0.3, 0.4) is 0 Å². The molecule has 94 valence electrons. The summed E-state index contributed by atoms with van der Waals surface area (Å²) < 4.78 is 0. The average Bonchev–Trinajstić information content (AvgIpc) is 2.44. The van der Waals surface area contributed by atoms with Gasteiger partial charge in [0.05, 0.1) is 5.71 Å². The Balaban J connectivity index is 2.22. The monoisotopic (exact) mass is 249 g/mol. The Bertz CT molecular complexity index is 774. The lowest BCUT2D eigenvalue weighted by Gasteiger charge is -2.05. The molecule has 0 aliphatic rings. The molecule has 19 heavy (non-hydrogen) atoms. The maximum Gasteiger partial charge on any atom is 0.106 e. The van der Waals surface area contributed by atoms with Gasteiger partial charge in [-0.05, 0) is 52.2 Å². The number of nitrogens with zero attached hydrogens (tertiary/aromatic N) is 1. The third-order valence-electron chi connectivity index (χ3n) is 3.35. The van der Waals surface area contributed by atoms with Gasteiger partial charge in [-0.1, -0.05) is 41.6 Å². The van der Waals surface area contributed by atoms with E-state index in [2.05, 4.69) is 59.8 Å². The molecule has 0 atom stereocenters. The highest BCUT2D eigenvalue weighted by Gasteiger charge is 2.02. The quantitative estimate of drug-likeness (QED) is 0.375. The van der Waals surface area contributed by atoms with Crippen LogP contribution in [0, 0.1) is 0 Å². The Morgan fingerprint density at radius 1 is 0.842 bits per heavy atom. The lowest BCUT2D eigenvalue weighted by atomic mass is 10.0. The maximum absolute atomic E-state index is 4.83. The molecule has 0 saturated heterocycles. The van der Waals surface area contributed by atoms with Crippen molar-refractivity contribution in [1.82, 2.24) is 0 Å². The lowest BCUT2D eigenvalue weighted by Crippen LogP contribution is -1.95. The van der Waals surface area contributed by atoms with Crippen LogP contribution >= 0.6 is 0 Å². The van der Waals surface area contributed by atoms with Crippen LogP contribution in [0.1, 0.15) is 12.5 Å². The molecule has 0 unspecified atom stereocenters. The minimum Gasteiger partial charge on any atom is -0.399 e. The van der Waals surface area contributed by atoms with Crippen molar-refractivity contribution < 1.29 is 4.84 Å². The van der Waals surface area contributed by atoms with E-state index in [4.69, 9.17) is 4.84 Å². The summed E-state index contributed by atoms with van der Waals surface area (Å²) >= 11 is 0. The molecule has 0 saturated carbocycles. The van der Waals surface area contributed by atoms with Gasteiger partial charge in [0, 0.05) is 0 Å². The highest BCUT2D eigenvalue weighted by atomic mass is 16.6. The Hall–Kier alpha value is -2.35. The van der Waals surface area contributed by atoms with E-state index < -0.39 is 0 Å². The summed E-state index contributed by atoms with van der Waals surface area (Å²) in [5.41, 5.74) is 1.97. The summed E-state index contributed by atoms with van der Waals surface area (Å²) in [4.78, 5) is 4.83. The zero-order valence-electron chi connectivity index (χ0n) is 11.1. The molecule has 0 radical (unpaired) electrons. The summed E-state index contributed by atoms with van der Waals surface area (Å²) in [6, 6.07) is 19.2. The molecule has 0 aromatic heterocycles. The Labute approximate surface area is 112 Å². The molecule has 0 aliphatic heterocycles. The molecule has 0 bridgehead atoms. The van der Waals surface area contributed by atoms with Crippen LogP contribution in [-0.4, -0.2) is 12.8 Å². The normalized spacial score (nSPS) is 12.0. The van der Waals surface area contributed by atoms with E-state index in [1.54, 1.807) is 7.11 Å². The van der Waals surface area contributed by atoms with Crippen molar-refractivity contribution in [3.63, 3.8) is 0 Å². The topological polar surface area (TPSA) is 21.6 Å². The van der Waals surface area contributed by atoms with Gasteiger partial charge in [-0.3, -0.25) is 0 Å². The third kappa shape index (κ3) is 2.17. The molecule has 0 spiro atoms. The van der Waals surface area contributed by atoms with Gasteiger partial charge in [0.1, 0.15) is 7.11 Å². The maximum atomic E-state index is 4.83. The van der Waals surface area contributed by atoms with E-state index >= 15 is 0 Å². The van der Waals surface area contributed by atoms with Gasteiger partial charge >= 0.3 is 0 Å². The SMILES string of the molecule is CON=C(C)c1ccc2cc3ccccc3cc2c1. The van der Waals surface area contributed by atoms with Crippen molar-refractivity contribution in [2.24, 2.45) is 5.16 Å². The van der Waals surface area contributed by atoms with E-state index in [9.17, 15) is 0 Å². The predicted octanol–water partition coefficient (Wildman–Crippen LogP) is 4.36. The summed E-state index contributed by atoms with van der Waals surface area (Å²) in [5.74, 6) is 0. The van der Waals surface area contributed by atoms with Crippen molar-refractivity contribution in [3.8, 4) is 0 Å². The first kappa shape index (κ1) is 11.7. The molecule has 2 heteroatoms. The number of rotatable bonds is 2. The molecule has 0 aliphatic carbocycles. The van der Waals surface area contributed by atoms with Crippen molar-refractivity contribution in [2.75, 3.05) is 7.11 Å². The molecular weight excluding hydrogens is 234 g/mol. The molecule has 3 rings (SSSR count). The van der Waals surface area contributed by atoms with Crippen molar-refractivity contribution in [3.05, 3.63) is 60.2 Å². The predicted molar refractivity (Wildman–Crippen MR) is 80.7 cm³/mol. The molecule has 0 fully saturated rings. The van der Waals surface area contributed by atoms with Gasteiger partial charge in [0.15, 0.2) is 0 Å². The van der Waals surface area contributed by atoms with E-state index in [0.29, 0.717) is 0 Å². The molecule has 3 aromatic rings. The first-order chi connectivity index (χ1) is 9.28. The van der Waals surface area contributed by atoms with Crippen LogP contribution in [0.15, 0.2) is 59.8 Å². The summed E-state index contributed by atoms with van der Waals surface area (Å²) in [6.07, 6.45) is 0. The highest BCUT2D eigenvalue weighted by Crippen LogP contribution is 2.23. The summed E-state index contributed by atoms with van der Waals surface area (Å²) in [6.45, 7) is 1.95. The number of oxime groups is 1. The first-order valence-electron chi connectivity index (χ1n) is 6.28. The molecule has 2 nitrogen and oxygen atoms in total. The smallest absolute Gasteiger partial charge is 0.106 e. The second kappa shape index (κ2) is 4.73. The van der Waals surface area contributed by atoms with Crippen molar-refractivity contribution in [2.45, 2.75) is 6.92 Å². The molecular formula is C17H15NO. The van der Waals surface area contributed by atoms with Gasteiger partial charge in [0.25, 0.3) is 0 Å². The lowest BCUT2D eigenvalue weighted by molar-refractivity contribution is 0.213. The zero-order chi connectivity index (χ0) is 13.2. The average molecular weight is 249 g/mol. The van der Waals surface area contributed by atoms with E-state index in [1.807, 2.05) is 6.92 Å². The van der Waals surface area contributed by atoms with Gasteiger partial charge in [-0.2, -0.15) is 0 Å². The molecule has 0 N–H and O–H groups in total. The number of fused-ring (bicyclic) bond motifs is 2.